The maximum Gasteiger partial charge on any atom is 0.323 e. The Morgan fingerprint density at radius 2 is 2.13 bits per heavy atom. The van der Waals surface area contributed by atoms with Gasteiger partial charge < -0.3 is 19.5 Å². The smallest absolute Gasteiger partial charge is 0.323 e. The lowest BCUT2D eigenvalue weighted by atomic mass is 10.0. The second-order valence-corrected chi connectivity index (χ2v) is 6.28. The third-order valence-corrected chi connectivity index (χ3v) is 3.58. The molecule has 0 saturated carbocycles. The zero-order valence-electron chi connectivity index (χ0n) is 13.8. The molecule has 1 aliphatic heterocycles. The summed E-state index contributed by atoms with van der Waals surface area (Å²) in [7, 11) is 0. The molecule has 0 aliphatic carbocycles. The van der Waals surface area contributed by atoms with Gasteiger partial charge in [-0.2, -0.15) is 0 Å². The van der Waals surface area contributed by atoms with Gasteiger partial charge in [0.15, 0.2) is 18.1 Å². The summed E-state index contributed by atoms with van der Waals surface area (Å²) in [6, 6.07) is 5.60. The van der Waals surface area contributed by atoms with Crippen molar-refractivity contribution in [3.63, 3.8) is 0 Å². The van der Waals surface area contributed by atoms with Crippen molar-refractivity contribution in [3.05, 3.63) is 23.8 Å². The third kappa shape index (κ3) is 4.37. The molecule has 0 bridgehead atoms. The first kappa shape index (κ1) is 17.1. The number of fused-ring (bicyclic) bond motifs is 1. The van der Waals surface area contributed by atoms with Gasteiger partial charge in [0, 0.05) is 18.5 Å². The van der Waals surface area contributed by atoms with Crippen molar-refractivity contribution in [1.29, 1.82) is 0 Å². The van der Waals surface area contributed by atoms with E-state index in [1.54, 1.807) is 6.07 Å². The van der Waals surface area contributed by atoms with Crippen molar-refractivity contribution in [3.8, 4) is 11.5 Å². The van der Waals surface area contributed by atoms with E-state index in [0.717, 1.165) is 12.0 Å². The molecule has 0 aromatic heterocycles. The summed E-state index contributed by atoms with van der Waals surface area (Å²) in [4.78, 5) is 24.3. The number of aliphatic carboxylic acids is 1. The summed E-state index contributed by atoms with van der Waals surface area (Å²) in [5, 5.41) is 8.87. The van der Waals surface area contributed by atoms with Crippen molar-refractivity contribution in [2.24, 2.45) is 0 Å². The summed E-state index contributed by atoms with van der Waals surface area (Å²) in [5.41, 5.74) is 0.763. The van der Waals surface area contributed by atoms with Crippen LogP contribution in [-0.4, -0.2) is 47.2 Å². The molecule has 1 heterocycles. The minimum Gasteiger partial charge on any atom is -0.483 e. The second kappa shape index (κ2) is 6.89. The largest absolute Gasteiger partial charge is 0.483 e. The van der Waals surface area contributed by atoms with Crippen molar-refractivity contribution in [2.45, 2.75) is 39.2 Å². The second-order valence-electron chi connectivity index (χ2n) is 6.28. The van der Waals surface area contributed by atoms with Gasteiger partial charge in [-0.15, -0.1) is 0 Å². The van der Waals surface area contributed by atoms with E-state index in [-0.39, 0.29) is 24.7 Å². The van der Waals surface area contributed by atoms with E-state index in [1.165, 1.54) is 4.90 Å². The van der Waals surface area contributed by atoms with Crippen LogP contribution in [0.3, 0.4) is 0 Å². The number of benzene rings is 1. The highest BCUT2D eigenvalue weighted by Crippen LogP contribution is 2.41. The number of ether oxygens (including phenoxy) is 2. The maximum absolute atomic E-state index is 12.2. The number of carboxylic acid groups (broad SMARTS) is 1. The lowest BCUT2D eigenvalue weighted by molar-refractivity contribution is -0.145. The molecule has 1 aromatic carbocycles. The summed E-state index contributed by atoms with van der Waals surface area (Å²) in [5.74, 6) is -0.180. The van der Waals surface area contributed by atoms with E-state index in [2.05, 4.69) is 0 Å². The van der Waals surface area contributed by atoms with E-state index in [4.69, 9.17) is 14.6 Å². The third-order valence-electron chi connectivity index (χ3n) is 3.58. The topological polar surface area (TPSA) is 76.1 Å². The SMILES string of the molecule is CCCN(CC(=O)O)C(=O)COc1cccc2c1OC(C)(C)C2. The van der Waals surface area contributed by atoms with Crippen LogP contribution in [0.4, 0.5) is 0 Å². The lowest BCUT2D eigenvalue weighted by Crippen LogP contribution is -2.39. The molecule has 0 saturated heterocycles. The van der Waals surface area contributed by atoms with Crippen molar-refractivity contribution in [2.75, 3.05) is 19.7 Å². The molecular weight excluding hydrogens is 298 g/mol. The summed E-state index contributed by atoms with van der Waals surface area (Å²) in [6.07, 6.45) is 1.48. The highest BCUT2D eigenvalue weighted by molar-refractivity contribution is 5.82. The van der Waals surface area contributed by atoms with Gasteiger partial charge in [0.05, 0.1) is 0 Å². The van der Waals surface area contributed by atoms with Crippen LogP contribution in [0.15, 0.2) is 18.2 Å². The zero-order valence-corrected chi connectivity index (χ0v) is 13.8. The van der Waals surface area contributed by atoms with Gasteiger partial charge in [-0.05, 0) is 26.3 Å². The molecule has 0 radical (unpaired) electrons. The summed E-state index contributed by atoms with van der Waals surface area (Å²) in [6.45, 7) is 5.77. The summed E-state index contributed by atoms with van der Waals surface area (Å²) >= 11 is 0. The molecule has 1 N–H and O–H groups in total. The highest BCUT2D eigenvalue weighted by atomic mass is 16.5. The fraction of sp³-hybridized carbons (Fsp3) is 0.529. The minimum atomic E-state index is -1.03. The lowest BCUT2D eigenvalue weighted by Gasteiger charge is -2.21. The monoisotopic (exact) mass is 321 g/mol. The minimum absolute atomic E-state index is 0.201. The van der Waals surface area contributed by atoms with Gasteiger partial charge in [-0.1, -0.05) is 19.1 Å². The van der Waals surface area contributed by atoms with Crippen LogP contribution in [0.5, 0.6) is 11.5 Å². The van der Waals surface area contributed by atoms with Gasteiger partial charge in [-0.25, -0.2) is 0 Å². The Labute approximate surface area is 136 Å². The average Bonchev–Trinajstić information content (AvgIpc) is 2.78. The van der Waals surface area contributed by atoms with Gasteiger partial charge in [0.2, 0.25) is 0 Å². The molecule has 6 nitrogen and oxygen atoms in total. The first-order valence-corrected chi connectivity index (χ1v) is 7.75. The number of hydrogen-bond acceptors (Lipinski definition) is 4. The van der Waals surface area contributed by atoms with Crippen molar-refractivity contribution in [1.82, 2.24) is 4.90 Å². The first-order valence-electron chi connectivity index (χ1n) is 7.75. The Balaban J connectivity index is 2.03. The van der Waals surface area contributed by atoms with E-state index < -0.39 is 5.97 Å². The van der Waals surface area contributed by atoms with Crippen LogP contribution in [0.1, 0.15) is 32.8 Å². The van der Waals surface area contributed by atoms with Crippen LogP contribution in [0.2, 0.25) is 0 Å². The van der Waals surface area contributed by atoms with Gasteiger partial charge in [0.25, 0.3) is 5.91 Å². The summed E-state index contributed by atoms with van der Waals surface area (Å²) < 4.78 is 11.5. The van der Waals surface area contributed by atoms with Crippen molar-refractivity contribution < 1.29 is 24.2 Å². The van der Waals surface area contributed by atoms with Crippen LogP contribution in [0.25, 0.3) is 0 Å². The van der Waals surface area contributed by atoms with E-state index in [9.17, 15) is 9.59 Å². The first-order chi connectivity index (χ1) is 10.8. The predicted octanol–water partition coefficient (Wildman–Crippen LogP) is 2.10. The molecule has 1 aliphatic rings. The molecule has 23 heavy (non-hydrogen) atoms. The number of carbonyl (C=O) groups is 2. The van der Waals surface area contributed by atoms with Gasteiger partial charge in [0.1, 0.15) is 12.1 Å². The highest BCUT2D eigenvalue weighted by Gasteiger charge is 2.32. The molecular formula is C17H23NO5. The standard InChI is InChI=1S/C17H23NO5/c1-4-8-18(10-15(20)21)14(19)11-22-13-7-5-6-12-9-17(2,3)23-16(12)13/h5-7H,4,8-11H2,1-3H3,(H,20,21). The molecule has 0 atom stereocenters. The molecule has 126 valence electrons. The van der Waals surface area contributed by atoms with Crippen LogP contribution < -0.4 is 9.47 Å². The Morgan fingerprint density at radius 1 is 1.39 bits per heavy atom. The Kier molecular flexibility index (Phi) is 5.13. The number of nitrogens with zero attached hydrogens (tertiary/aromatic N) is 1. The maximum atomic E-state index is 12.2. The van der Waals surface area contributed by atoms with E-state index in [1.807, 2.05) is 32.9 Å². The number of carbonyl (C=O) groups excluding carboxylic acids is 1. The van der Waals surface area contributed by atoms with Crippen LogP contribution in [-0.2, 0) is 16.0 Å². The number of rotatable bonds is 7. The fourth-order valence-electron chi connectivity index (χ4n) is 2.66. The molecule has 0 spiro atoms. The number of hydrogen-bond donors (Lipinski definition) is 1. The molecule has 2 rings (SSSR count). The molecule has 0 fully saturated rings. The quantitative estimate of drug-likeness (QED) is 0.832. The number of para-hydroxylation sites is 1. The zero-order chi connectivity index (χ0) is 17.0. The van der Waals surface area contributed by atoms with E-state index >= 15 is 0 Å². The molecule has 1 amide bonds. The van der Waals surface area contributed by atoms with Crippen LogP contribution in [0, 0.1) is 0 Å². The van der Waals surface area contributed by atoms with E-state index in [0.29, 0.717) is 24.5 Å². The Morgan fingerprint density at radius 3 is 2.78 bits per heavy atom. The van der Waals surface area contributed by atoms with Gasteiger partial charge >= 0.3 is 5.97 Å². The Hall–Kier alpha value is -2.24. The predicted molar refractivity (Wildman–Crippen MR) is 84.9 cm³/mol. The fourth-order valence-corrected chi connectivity index (χ4v) is 2.66. The molecule has 1 aromatic rings. The molecule has 6 heteroatoms. The Bertz CT molecular complexity index is 597. The van der Waals surface area contributed by atoms with Crippen molar-refractivity contribution >= 4 is 11.9 Å². The average molecular weight is 321 g/mol. The van der Waals surface area contributed by atoms with Gasteiger partial charge in [-0.3, -0.25) is 9.59 Å². The van der Waals surface area contributed by atoms with Crippen LogP contribution >= 0.6 is 0 Å². The molecule has 0 unspecified atom stereocenters. The normalized spacial score (nSPS) is 14.7. The number of amides is 1. The number of carboxylic acids is 1.